The zero-order valence-corrected chi connectivity index (χ0v) is 16.6. The topological polar surface area (TPSA) is 81.9 Å². The van der Waals surface area contributed by atoms with E-state index in [4.69, 9.17) is 4.74 Å². The molecule has 8 heteroatoms. The molecule has 0 bridgehead atoms. The molecule has 0 aliphatic carbocycles. The number of rotatable bonds is 7. The molecule has 3 heterocycles. The quantitative estimate of drug-likeness (QED) is 0.507. The van der Waals surface area contributed by atoms with Crippen molar-refractivity contribution in [1.29, 1.82) is 0 Å². The molecule has 29 heavy (non-hydrogen) atoms. The highest BCUT2D eigenvalue weighted by molar-refractivity contribution is 7.13. The van der Waals surface area contributed by atoms with Crippen LogP contribution in [0.5, 0.6) is 5.75 Å². The average Bonchev–Trinajstić information content (AvgIpc) is 3.37. The lowest BCUT2D eigenvalue weighted by atomic mass is 10.2. The Morgan fingerprint density at radius 2 is 2.07 bits per heavy atom. The van der Waals surface area contributed by atoms with Crippen LogP contribution < -0.4 is 10.1 Å². The van der Waals surface area contributed by atoms with Gasteiger partial charge in [0, 0.05) is 48.5 Å². The molecule has 1 aromatic carbocycles. The summed E-state index contributed by atoms with van der Waals surface area (Å²) in [6.07, 6.45) is 7.31. The second-order valence-corrected chi connectivity index (χ2v) is 7.24. The molecule has 4 rings (SSSR count). The van der Waals surface area contributed by atoms with Gasteiger partial charge in [0.25, 0.3) is 0 Å². The summed E-state index contributed by atoms with van der Waals surface area (Å²) < 4.78 is 7.63. The molecule has 4 aromatic rings. The lowest BCUT2D eigenvalue weighted by Crippen LogP contribution is -2.14. The molecule has 0 saturated heterocycles. The van der Waals surface area contributed by atoms with Crippen LogP contribution in [0.1, 0.15) is 11.5 Å². The highest BCUT2D eigenvalue weighted by Crippen LogP contribution is 2.23. The standard InChI is InChI=1S/C21H19N5O2S/c1-26-10-9-23-19(26)13-28-18-6-4-16(5-7-18)24-20(27)11-17-14-29-21(25-17)15-3-2-8-22-12-15/h2-10,12,14H,11,13H2,1H3,(H,24,27). The van der Waals surface area contributed by atoms with Crippen LogP contribution in [-0.4, -0.2) is 25.4 Å². The van der Waals surface area contributed by atoms with E-state index in [1.807, 2.05) is 59.6 Å². The first-order chi connectivity index (χ1) is 14.2. The molecular weight excluding hydrogens is 386 g/mol. The number of amides is 1. The third-order valence-corrected chi connectivity index (χ3v) is 5.17. The summed E-state index contributed by atoms with van der Waals surface area (Å²) in [5.41, 5.74) is 2.40. The van der Waals surface area contributed by atoms with E-state index in [0.29, 0.717) is 18.0 Å². The van der Waals surface area contributed by atoms with Crippen molar-refractivity contribution >= 4 is 22.9 Å². The highest BCUT2D eigenvalue weighted by Gasteiger charge is 2.10. The number of pyridine rings is 1. The van der Waals surface area contributed by atoms with Gasteiger partial charge in [-0.05, 0) is 36.4 Å². The number of carbonyl (C=O) groups is 1. The van der Waals surface area contributed by atoms with Gasteiger partial charge >= 0.3 is 0 Å². The van der Waals surface area contributed by atoms with Crippen LogP contribution in [0, 0.1) is 0 Å². The Bertz CT molecular complexity index is 1090. The monoisotopic (exact) mass is 405 g/mol. The molecule has 7 nitrogen and oxygen atoms in total. The minimum Gasteiger partial charge on any atom is -0.486 e. The zero-order chi connectivity index (χ0) is 20.1. The number of nitrogens with one attached hydrogen (secondary N) is 1. The SMILES string of the molecule is Cn1ccnc1COc1ccc(NC(=O)Cc2csc(-c3cccnc3)n2)cc1. The third kappa shape index (κ3) is 4.85. The Kier molecular flexibility index (Phi) is 5.62. The Morgan fingerprint density at radius 1 is 1.21 bits per heavy atom. The van der Waals surface area contributed by atoms with E-state index in [-0.39, 0.29) is 12.3 Å². The first-order valence-corrected chi connectivity index (χ1v) is 9.89. The van der Waals surface area contributed by atoms with E-state index < -0.39 is 0 Å². The summed E-state index contributed by atoms with van der Waals surface area (Å²) in [7, 11) is 1.92. The van der Waals surface area contributed by atoms with Crippen molar-refractivity contribution in [1.82, 2.24) is 19.5 Å². The largest absolute Gasteiger partial charge is 0.486 e. The molecule has 0 fully saturated rings. The van der Waals surface area contributed by atoms with Gasteiger partial charge in [-0.15, -0.1) is 11.3 Å². The van der Waals surface area contributed by atoms with Gasteiger partial charge in [-0.3, -0.25) is 9.78 Å². The number of thiazole rings is 1. The number of anilines is 1. The normalized spacial score (nSPS) is 10.7. The molecule has 0 aliphatic rings. The van der Waals surface area contributed by atoms with E-state index in [9.17, 15) is 4.79 Å². The fourth-order valence-electron chi connectivity index (χ4n) is 2.70. The lowest BCUT2D eigenvalue weighted by Gasteiger charge is -2.08. The van der Waals surface area contributed by atoms with E-state index >= 15 is 0 Å². The van der Waals surface area contributed by atoms with Crippen LogP contribution >= 0.6 is 11.3 Å². The first-order valence-electron chi connectivity index (χ1n) is 9.01. The first kappa shape index (κ1) is 18.8. The van der Waals surface area contributed by atoms with Gasteiger partial charge in [0.05, 0.1) is 12.1 Å². The van der Waals surface area contributed by atoms with Crippen LogP contribution in [0.2, 0.25) is 0 Å². The number of hydrogen-bond donors (Lipinski definition) is 1. The van der Waals surface area contributed by atoms with E-state index in [1.54, 1.807) is 18.6 Å². The second-order valence-electron chi connectivity index (χ2n) is 6.38. The molecule has 0 unspecified atom stereocenters. The van der Waals surface area contributed by atoms with Crippen LogP contribution in [0.3, 0.4) is 0 Å². The molecular formula is C21H19N5O2S. The summed E-state index contributed by atoms with van der Waals surface area (Å²) in [5, 5.41) is 5.64. The number of imidazole rings is 1. The fraction of sp³-hybridized carbons (Fsp3) is 0.143. The van der Waals surface area contributed by atoms with Crippen molar-refractivity contribution in [2.24, 2.45) is 7.05 Å². The number of aryl methyl sites for hydroxylation is 1. The maximum Gasteiger partial charge on any atom is 0.230 e. The van der Waals surface area contributed by atoms with Crippen LogP contribution in [0.15, 0.2) is 66.6 Å². The number of ether oxygens (including phenoxy) is 1. The minimum absolute atomic E-state index is 0.116. The zero-order valence-electron chi connectivity index (χ0n) is 15.8. The van der Waals surface area contributed by atoms with E-state index in [2.05, 4.69) is 20.3 Å². The average molecular weight is 405 g/mol. The smallest absolute Gasteiger partial charge is 0.230 e. The maximum atomic E-state index is 12.3. The predicted octanol–water partition coefficient (Wildman–Crippen LogP) is 3.70. The number of benzene rings is 1. The second kappa shape index (κ2) is 8.66. The maximum absolute atomic E-state index is 12.3. The Balaban J connectivity index is 1.30. The van der Waals surface area contributed by atoms with Gasteiger partial charge in [-0.2, -0.15) is 0 Å². The van der Waals surface area contributed by atoms with E-state index in [1.165, 1.54) is 11.3 Å². The van der Waals surface area contributed by atoms with Crippen LogP contribution in [0.25, 0.3) is 10.6 Å². The Morgan fingerprint density at radius 3 is 2.79 bits per heavy atom. The summed E-state index contributed by atoms with van der Waals surface area (Å²) in [4.78, 5) is 25.2. The molecule has 0 saturated carbocycles. The predicted molar refractivity (Wildman–Crippen MR) is 112 cm³/mol. The molecule has 0 aliphatic heterocycles. The third-order valence-electron chi connectivity index (χ3n) is 4.23. The van der Waals surface area contributed by atoms with Gasteiger partial charge in [-0.25, -0.2) is 9.97 Å². The van der Waals surface area contributed by atoms with Gasteiger partial charge in [0.15, 0.2) is 0 Å². The van der Waals surface area contributed by atoms with Crippen molar-refractivity contribution in [3.63, 3.8) is 0 Å². The molecule has 3 aromatic heterocycles. The van der Waals surface area contributed by atoms with Crippen LogP contribution in [0.4, 0.5) is 5.69 Å². The Hall–Kier alpha value is -3.52. The van der Waals surface area contributed by atoms with Crippen LogP contribution in [-0.2, 0) is 24.9 Å². The molecule has 146 valence electrons. The molecule has 0 radical (unpaired) electrons. The number of aromatic nitrogens is 4. The highest BCUT2D eigenvalue weighted by atomic mass is 32.1. The number of carbonyl (C=O) groups excluding carboxylic acids is 1. The van der Waals surface area contributed by atoms with Gasteiger partial charge < -0.3 is 14.6 Å². The Labute approximate surface area is 172 Å². The van der Waals surface area contributed by atoms with Gasteiger partial charge in [0.2, 0.25) is 5.91 Å². The van der Waals surface area contributed by atoms with Crippen molar-refractivity contribution in [3.05, 3.63) is 78.1 Å². The van der Waals surface area contributed by atoms with Gasteiger partial charge in [0.1, 0.15) is 23.2 Å². The summed E-state index contributed by atoms with van der Waals surface area (Å²) >= 11 is 1.50. The van der Waals surface area contributed by atoms with Crippen molar-refractivity contribution in [3.8, 4) is 16.3 Å². The van der Waals surface area contributed by atoms with Gasteiger partial charge in [-0.1, -0.05) is 0 Å². The molecule has 0 atom stereocenters. The van der Waals surface area contributed by atoms with Crippen molar-refractivity contribution in [2.75, 3.05) is 5.32 Å². The molecule has 1 N–H and O–H groups in total. The van der Waals surface area contributed by atoms with E-state index in [0.717, 1.165) is 22.1 Å². The summed E-state index contributed by atoms with van der Waals surface area (Å²) in [6, 6.07) is 11.1. The lowest BCUT2D eigenvalue weighted by molar-refractivity contribution is -0.115. The number of nitrogens with zero attached hydrogens (tertiary/aromatic N) is 4. The summed E-state index contributed by atoms with van der Waals surface area (Å²) in [5.74, 6) is 1.44. The fourth-order valence-corrected chi connectivity index (χ4v) is 3.51. The van der Waals surface area contributed by atoms with Crippen molar-refractivity contribution in [2.45, 2.75) is 13.0 Å². The van der Waals surface area contributed by atoms with Crippen molar-refractivity contribution < 1.29 is 9.53 Å². The minimum atomic E-state index is -0.116. The molecule has 1 amide bonds. The number of hydrogen-bond acceptors (Lipinski definition) is 6. The summed E-state index contributed by atoms with van der Waals surface area (Å²) in [6.45, 7) is 0.387. The molecule has 0 spiro atoms.